The fraction of sp³-hybridized carbons (Fsp3) is 0.778. The lowest BCUT2D eigenvalue weighted by Gasteiger charge is -2.32. The maximum atomic E-state index is 5.94. The third-order valence-electron chi connectivity index (χ3n) is 1.85. The van der Waals surface area contributed by atoms with Gasteiger partial charge in [0, 0.05) is 0 Å². The van der Waals surface area contributed by atoms with Gasteiger partial charge in [0.2, 0.25) is 9.04 Å². The first kappa shape index (κ1) is 12.8. The number of hydrogen-bond acceptors (Lipinski definition) is 3. The Balaban J connectivity index is 4.15. The normalized spacial score (nSPS) is 14.2. The first-order chi connectivity index (χ1) is 6.02. The highest BCUT2D eigenvalue weighted by Gasteiger charge is 2.17. The molecule has 0 amide bonds. The first-order valence-electron chi connectivity index (χ1n) is 4.63. The Hall–Kier alpha value is -0.163. The van der Waals surface area contributed by atoms with Crippen molar-refractivity contribution in [2.75, 3.05) is 28.2 Å². The van der Waals surface area contributed by atoms with Crippen molar-refractivity contribution < 1.29 is 4.43 Å². The molecule has 0 saturated carbocycles. The Bertz CT molecular complexity index is 143. The molecule has 1 unspecified atom stereocenters. The molecular weight excluding hydrogens is 180 g/mol. The minimum Gasteiger partial charge on any atom is -0.389 e. The van der Waals surface area contributed by atoms with Gasteiger partial charge in [-0.25, -0.2) is 0 Å². The summed E-state index contributed by atoms with van der Waals surface area (Å²) in [7, 11) is 6.91. The lowest BCUT2D eigenvalue weighted by Crippen LogP contribution is -2.45. The molecule has 0 aliphatic heterocycles. The van der Waals surface area contributed by atoms with E-state index in [9.17, 15) is 0 Å². The van der Waals surface area contributed by atoms with Gasteiger partial charge in [0.1, 0.15) is 0 Å². The Morgan fingerprint density at radius 2 is 1.77 bits per heavy atom. The summed E-state index contributed by atoms with van der Waals surface area (Å²) in [5.74, 6) is 0. The molecule has 0 aliphatic rings. The van der Waals surface area contributed by atoms with Gasteiger partial charge < -0.3 is 4.43 Å². The van der Waals surface area contributed by atoms with Crippen molar-refractivity contribution in [3.8, 4) is 0 Å². The molecule has 0 aromatic carbocycles. The summed E-state index contributed by atoms with van der Waals surface area (Å²) >= 11 is 0. The van der Waals surface area contributed by atoms with Crippen molar-refractivity contribution in [3.63, 3.8) is 0 Å². The highest BCUT2D eigenvalue weighted by molar-refractivity contribution is 6.57. The van der Waals surface area contributed by atoms with Crippen LogP contribution in [0.3, 0.4) is 0 Å². The summed E-state index contributed by atoms with van der Waals surface area (Å²) in [5, 5.41) is 0. The quantitative estimate of drug-likeness (QED) is 0.470. The molecule has 0 heterocycles. The zero-order chi connectivity index (χ0) is 10.4. The van der Waals surface area contributed by atoms with Gasteiger partial charge in [-0.1, -0.05) is 12.6 Å². The van der Waals surface area contributed by atoms with Crippen LogP contribution < -0.4 is 0 Å². The summed E-state index contributed by atoms with van der Waals surface area (Å²) in [6.07, 6.45) is 0.0783. The number of nitrogens with zero attached hydrogens (tertiary/aromatic N) is 2. The standard InChI is InChI=1S/C9H22N2OSi/c1-7-13(8-2)12-9(10(3)4)11(5)6/h7,9,13H,1,8H2,2-6H3. The third kappa shape index (κ3) is 4.57. The summed E-state index contributed by atoms with van der Waals surface area (Å²) < 4.78 is 5.94. The topological polar surface area (TPSA) is 15.7 Å². The van der Waals surface area contributed by atoms with Crippen LogP contribution in [-0.2, 0) is 4.43 Å². The van der Waals surface area contributed by atoms with Crippen LogP contribution in [0.15, 0.2) is 12.3 Å². The van der Waals surface area contributed by atoms with E-state index in [0.717, 1.165) is 6.04 Å². The van der Waals surface area contributed by atoms with Gasteiger partial charge in [0.25, 0.3) is 0 Å². The van der Waals surface area contributed by atoms with Crippen LogP contribution in [-0.4, -0.2) is 53.4 Å². The Labute approximate surface area is 83.7 Å². The van der Waals surface area contributed by atoms with E-state index in [1.807, 2.05) is 33.9 Å². The van der Waals surface area contributed by atoms with Gasteiger partial charge in [-0.2, -0.15) is 0 Å². The molecule has 0 saturated heterocycles. The van der Waals surface area contributed by atoms with Crippen LogP contribution >= 0.6 is 0 Å². The number of hydrogen-bond donors (Lipinski definition) is 0. The van der Waals surface area contributed by atoms with E-state index < -0.39 is 9.04 Å². The van der Waals surface area contributed by atoms with Crippen LogP contribution in [0, 0.1) is 0 Å². The highest BCUT2D eigenvalue weighted by atomic mass is 28.3. The van der Waals surface area contributed by atoms with E-state index in [1.54, 1.807) is 0 Å². The molecule has 0 bridgehead atoms. The largest absolute Gasteiger partial charge is 0.389 e. The van der Waals surface area contributed by atoms with Crippen molar-refractivity contribution in [3.05, 3.63) is 12.3 Å². The molecule has 0 aliphatic carbocycles. The maximum Gasteiger partial charge on any atom is 0.204 e. The van der Waals surface area contributed by atoms with E-state index in [0.29, 0.717) is 0 Å². The molecule has 0 spiro atoms. The summed E-state index contributed by atoms with van der Waals surface area (Å²) in [5.41, 5.74) is 1.99. The number of rotatable bonds is 6. The summed E-state index contributed by atoms with van der Waals surface area (Å²) in [6, 6.07) is 1.10. The van der Waals surface area contributed by atoms with Crippen LogP contribution in [0.25, 0.3) is 0 Å². The monoisotopic (exact) mass is 202 g/mol. The fourth-order valence-electron chi connectivity index (χ4n) is 1.18. The van der Waals surface area contributed by atoms with Gasteiger partial charge in [0.05, 0.1) is 0 Å². The third-order valence-corrected chi connectivity index (χ3v) is 3.77. The molecular formula is C9H22N2OSi. The summed E-state index contributed by atoms with van der Waals surface area (Å²) in [6.45, 7) is 5.96. The highest BCUT2D eigenvalue weighted by Crippen LogP contribution is 2.05. The van der Waals surface area contributed by atoms with Crippen molar-refractivity contribution in [1.82, 2.24) is 9.80 Å². The van der Waals surface area contributed by atoms with E-state index >= 15 is 0 Å². The predicted octanol–water partition coefficient (Wildman–Crippen LogP) is 0.879. The van der Waals surface area contributed by atoms with Crippen molar-refractivity contribution in [1.29, 1.82) is 0 Å². The molecule has 0 N–H and O–H groups in total. The second-order valence-corrected chi connectivity index (χ2v) is 6.21. The van der Waals surface area contributed by atoms with E-state index in [4.69, 9.17) is 4.43 Å². The fourth-order valence-corrected chi connectivity index (χ4v) is 2.62. The van der Waals surface area contributed by atoms with Gasteiger partial charge in [-0.15, -0.1) is 6.58 Å². The second kappa shape index (κ2) is 6.31. The van der Waals surface area contributed by atoms with Crippen molar-refractivity contribution >= 4 is 9.04 Å². The second-order valence-electron chi connectivity index (χ2n) is 3.57. The molecule has 4 heteroatoms. The van der Waals surface area contributed by atoms with Gasteiger partial charge in [-0.3, -0.25) is 9.80 Å². The average molecular weight is 202 g/mol. The minimum atomic E-state index is -1.18. The molecule has 13 heavy (non-hydrogen) atoms. The Kier molecular flexibility index (Phi) is 6.24. The molecule has 0 aromatic rings. The molecule has 78 valence electrons. The molecule has 1 atom stereocenters. The van der Waals surface area contributed by atoms with Crippen LogP contribution in [0.5, 0.6) is 0 Å². The van der Waals surface area contributed by atoms with Crippen LogP contribution in [0.4, 0.5) is 0 Å². The Morgan fingerprint density at radius 1 is 1.31 bits per heavy atom. The van der Waals surface area contributed by atoms with Crippen molar-refractivity contribution in [2.24, 2.45) is 0 Å². The van der Waals surface area contributed by atoms with Gasteiger partial charge >= 0.3 is 0 Å². The molecule has 0 fully saturated rings. The maximum absolute atomic E-state index is 5.94. The zero-order valence-corrected chi connectivity index (χ0v) is 10.6. The van der Waals surface area contributed by atoms with E-state index in [-0.39, 0.29) is 6.35 Å². The first-order valence-corrected chi connectivity index (χ1v) is 6.59. The lowest BCUT2D eigenvalue weighted by molar-refractivity contribution is -0.0455. The average Bonchev–Trinajstić information content (AvgIpc) is 2.05. The molecule has 0 rings (SSSR count). The lowest BCUT2D eigenvalue weighted by atomic mass is 10.7. The SMILES string of the molecule is C=C[SiH](CC)OC(N(C)C)N(C)C. The van der Waals surface area contributed by atoms with E-state index in [2.05, 4.69) is 23.3 Å². The van der Waals surface area contributed by atoms with Gasteiger partial charge in [0.15, 0.2) is 6.35 Å². The Morgan fingerprint density at radius 3 is 2.00 bits per heavy atom. The molecule has 0 radical (unpaired) electrons. The van der Waals surface area contributed by atoms with E-state index in [1.165, 1.54) is 0 Å². The van der Waals surface area contributed by atoms with Crippen LogP contribution in [0.2, 0.25) is 6.04 Å². The summed E-state index contributed by atoms with van der Waals surface area (Å²) in [4.78, 5) is 4.14. The zero-order valence-electron chi connectivity index (χ0n) is 9.45. The minimum absolute atomic E-state index is 0.0783. The molecule has 0 aromatic heterocycles. The van der Waals surface area contributed by atoms with Gasteiger partial charge in [-0.05, 0) is 34.2 Å². The smallest absolute Gasteiger partial charge is 0.204 e. The molecule has 3 nitrogen and oxygen atoms in total. The predicted molar refractivity (Wildman–Crippen MR) is 60.1 cm³/mol. The van der Waals surface area contributed by atoms with Crippen LogP contribution in [0.1, 0.15) is 6.92 Å². The van der Waals surface area contributed by atoms with Crippen molar-refractivity contribution in [2.45, 2.75) is 19.3 Å².